The number of carbonyl (C=O) groups excluding carboxylic acids is 1. The number of carbonyl (C=O) groups is 1. The number of anilines is 1. The Labute approximate surface area is 116 Å². The van der Waals surface area contributed by atoms with Gasteiger partial charge in [0.15, 0.2) is 0 Å². The van der Waals surface area contributed by atoms with Gasteiger partial charge in [0.05, 0.1) is 11.9 Å². The van der Waals surface area contributed by atoms with Gasteiger partial charge in [0.2, 0.25) is 5.06 Å². The summed E-state index contributed by atoms with van der Waals surface area (Å²) in [5.74, 6) is -0.406. The van der Waals surface area contributed by atoms with Gasteiger partial charge >= 0.3 is 5.97 Å². The lowest BCUT2D eigenvalue weighted by Gasteiger charge is -1.98. The Hall–Kier alpha value is -1.99. The van der Waals surface area contributed by atoms with Gasteiger partial charge in [-0.15, -0.1) is 0 Å². The number of aromatic nitrogens is 2. The molecular formula is C12H9N3O2S2. The molecule has 0 atom stereocenters. The van der Waals surface area contributed by atoms with E-state index < -0.39 is 5.97 Å². The van der Waals surface area contributed by atoms with Crippen LogP contribution in [0.15, 0.2) is 23.0 Å². The van der Waals surface area contributed by atoms with Gasteiger partial charge in [-0.05, 0) is 11.4 Å². The molecule has 0 radical (unpaired) electrons. The smallest absolute Gasteiger partial charge is 0.308 e. The molecule has 3 rings (SSSR count). The molecule has 0 saturated carbocycles. The summed E-state index contributed by atoms with van der Waals surface area (Å²) >= 11 is 2.81. The van der Waals surface area contributed by atoms with E-state index in [2.05, 4.69) is 9.97 Å². The zero-order valence-corrected chi connectivity index (χ0v) is 11.5. The third-order valence-electron chi connectivity index (χ3n) is 2.46. The summed E-state index contributed by atoms with van der Waals surface area (Å²) < 4.78 is 5.04. The lowest BCUT2D eigenvalue weighted by molar-refractivity contribution is -0.131. The number of esters is 1. The summed E-state index contributed by atoms with van der Waals surface area (Å²) in [4.78, 5) is 20.4. The summed E-state index contributed by atoms with van der Waals surface area (Å²) in [6.07, 6.45) is 1.69. The lowest BCUT2D eigenvalue weighted by Crippen LogP contribution is -2.01. The minimum Gasteiger partial charge on any atom is -0.413 e. The Morgan fingerprint density at radius 3 is 3.00 bits per heavy atom. The standard InChI is InChI=1S/C12H9N3O2S2/c1-6(16)17-12-9(13)10-11(19-12)14-4-8(15-10)7-2-3-18-5-7/h2-5H,13H2,1H3. The number of nitrogens with zero attached hydrogens (tertiary/aromatic N) is 2. The van der Waals surface area contributed by atoms with Crippen molar-refractivity contribution in [3.63, 3.8) is 0 Å². The Bertz CT molecular complexity index is 750. The number of nitrogens with two attached hydrogens (primary N) is 1. The second-order valence-corrected chi connectivity index (χ2v) is 5.56. The molecule has 0 amide bonds. The molecule has 0 aliphatic heterocycles. The number of ether oxygens (including phenoxy) is 1. The Kier molecular flexibility index (Phi) is 2.92. The van der Waals surface area contributed by atoms with E-state index in [1.807, 2.05) is 16.8 Å². The average Bonchev–Trinajstić information content (AvgIpc) is 2.99. The van der Waals surface area contributed by atoms with Gasteiger partial charge in [-0.1, -0.05) is 11.3 Å². The van der Waals surface area contributed by atoms with Crippen LogP contribution in [0.2, 0.25) is 0 Å². The number of rotatable bonds is 2. The van der Waals surface area contributed by atoms with Gasteiger partial charge in [-0.2, -0.15) is 11.3 Å². The molecular weight excluding hydrogens is 282 g/mol. The number of fused-ring (bicyclic) bond motifs is 1. The fourth-order valence-corrected chi connectivity index (χ4v) is 3.17. The second kappa shape index (κ2) is 4.60. The Morgan fingerprint density at radius 2 is 2.32 bits per heavy atom. The highest BCUT2D eigenvalue weighted by Gasteiger charge is 2.15. The molecule has 0 spiro atoms. The van der Waals surface area contributed by atoms with Crippen molar-refractivity contribution in [3.8, 4) is 16.3 Å². The molecule has 0 aliphatic rings. The molecule has 0 bridgehead atoms. The highest BCUT2D eigenvalue weighted by atomic mass is 32.1. The second-order valence-electron chi connectivity index (χ2n) is 3.82. The van der Waals surface area contributed by atoms with Crippen LogP contribution in [0.25, 0.3) is 21.6 Å². The van der Waals surface area contributed by atoms with Gasteiger partial charge in [0, 0.05) is 17.9 Å². The van der Waals surface area contributed by atoms with E-state index in [4.69, 9.17) is 10.5 Å². The zero-order valence-electron chi connectivity index (χ0n) is 9.91. The molecule has 0 aliphatic carbocycles. The van der Waals surface area contributed by atoms with Crippen molar-refractivity contribution in [1.29, 1.82) is 0 Å². The van der Waals surface area contributed by atoms with Gasteiger partial charge in [-0.3, -0.25) is 4.79 Å². The molecule has 3 heterocycles. The molecule has 0 saturated heterocycles. The largest absolute Gasteiger partial charge is 0.413 e. The van der Waals surface area contributed by atoms with Crippen molar-refractivity contribution < 1.29 is 9.53 Å². The highest BCUT2D eigenvalue weighted by Crippen LogP contribution is 2.38. The lowest BCUT2D eigenvalue weighted by atomic mass is 10.2. The van der Waals surface area contributed by atoms with Crippen LogP contribution in [0.3, 0.4) is 0 Å². The molecule has 19 heavy (non-hydrogen) atoms. The van der Waals surface area contributed by atoms with E-state index >= 15 is 0 Å². The maximum atomic E-state index is 11.0. The molecule has 0 fully saturated rings. The first-order valence-corrected chi connectivity index (χ1v) is 7.17. The third kappa shape index (κ3) is 2.18. The Balaban J connectivity index is 2.12. The zero-order chi connectivity index (χ0) is 13.4. The van der Waals surface area contributed by atoms with Crippen LogP contribution in [-0.4, -0.2) is 15.9 Å². The van der Waals surface area contributed by atoms with Crippen LogP contribution < -0.4 is 10.5 Å². The summed E-state index contributed by atoms with van der Waals surface area (Å²) in [5.41, 5.74) is 8.63. The molecule has 2 N–H and O–H groups in total. The molecule has 0 aromatic carbocycles. The van der Waals surface area contributed by atoms with E-state index in [1.165, 1.54) is 18.3 Å². The maximum Gasteiger partial charge on any atom is 0.308 e. The summed E-state index contributed by atoms with van der Waals surface area (Å²) in [7, 11) is 0. The molecule has 0 unspecified atom stereocenters. The van der Waals surface area contributed by atoms with E-state index in [1.54, 1.807) is 17.5 Å². The topological polar surface area (TPSA) is 78.1 Å². The molecule has 3 aromatic rings. The predicted octanol–water partition coefficient (Wildman–Crippen LogP) is 2.93. The fourth-order valence-electron chi connectivity index (χ4n) is 1.62. The fraction of sp³-hybridized carbons (Fsp3) is 0.0833. The first-order valence-electron chi connectivity index (χ1n) is 5.41. The van der Waals surface area contributed by atoms with Gasteiger partial charge in [0.1, 0.15) is 16.0 Å². The highest BCUT2D eigenvalue weighted by molar-refractivity contribution is 7.21. The van der Waals surface area contributed by atoms with Crippen LogP contribution >= 0.6 is 22.7 Å². The Morgan fingerprint density at radius 1 is 1.47 bits per heavy atom. The summed E-state index contributed by atoms with van der Waals surface area (Å²) in [6, 6.07) is 1.97. The quantitative estimate of drug-likeness (QED) is 0.734. The number of hydrogen-bond acceptors (Lipinski definition) is 7. The van der Waals surface area contributed by atoms with Crippen molar-refractivity contribution in [1.82, 2.24) is 9.97 Å². The predicted molar refractivity (Wildman–Crippen MR) is 76.4 cm³/mol. The summed E-state index contributed by atoms with van der Waals surface area (Å²) in [5, 5.41) is 4.32. The first-order chi connectivity index (χ1) is 9.15. The van der Waals surface area contributed by atoms with Gasteiger partial charge in [0.25, 0.3) is 0 Å². The van der Waals surface area contributed by atoms with Gasteiger partial charge < -0.3 is 10.5 Å². The normalized spacial score (nSPS) is 10.8. The van der Waals surface area contributed by atoms with Crippen molar-refractivity contribution in [2.75, 3.05) is 5.73 Å². The minimum atomic E-state index is -0.406. The van der Waals surface area contributed by atoms with Gasteiger partial charge in [-0.25, -0.2) is 9.97 Å². The van der Waals surface area contributed by atoms with E-state index in [0.717, 1.165) is 11.3 Å². The van der Waals surface area contributed by atoms with Crippen LogP contribution in [0.4, 0.5) is 5.69 Å². The van der Waals surface area contributed by atoms with E-state index in [9.17, 15) is 4.79 Å². The van der Waals surface area contributed by atoms with Crippen molar-refractivity contribution in [3.05, 3.63) is 23.0 Å². The maximum absolute atomic E-state index is 11.0. The molecule has 96 valence electrons. The molecule has 7 heteroatoms. The monoisotopic (exact) mass is 291 g/mol. The van der Waals surface area contributed by atoms with Crippen LogP contribution in [-0.2, 0) is 4.79 Å². The average molecular weight is 291 g/mol. The van der Waals surface area contributed by atoms with Crippen molar-refractivity contribution in [2.24, 2.45) is 0 Å². The molecule has 3 aromatic heterocycles. The molecule has 5 nitrogen and oxygen atoms in total. The minimum absolute atomic E-state index is 0.352. The van der Waals surface area contributed by atoms with Crippen LogP contribution in [0.5, 0.6) is 5.06 Å². The number of nitrogen functional groups attached to an aromatic ring is 1. The first kappa shape index (κ1) is 12.1. The summed E-state index contributed by atoms with van der Waals surface area (Å²) in [6.45, 7) is 1.33. The van der Waals surface area contributed by atoms with Crippen LogP contribution in [0.1, 0.15) is 6.92 Å². The van der Waals surface area contributed by atoms with Crippen molar-refractivity contribution >= 4 is 44.7 Å². The van der Waals surface area contributed by atoms with Crippen LogP contribution in [0, 0.1) is 0 Å². The number of thiophene rings is 2. The van der Waals surface area contributed by atoms with Crippen molar-refractivity contribution in [2.45, 2.75) is 6.92 Å². The van der Waals surface area contributed by atoms with E-state index in [-0.39, 0.29) is 0 Å². The third-order valence-corrected chi connectivity index (χ3v) is 4.12. The SMILES string of the molecule is CC(=O)Oc1sc2ncc(-c3ccsc3)nc2c1N. The number of hydrogen-bond donors (Lipinski definition) is 1. The van der Waals surface area contributed by atoms with E-state index in [0.29, 0.717) is 21.1 Å².